The van der Waals surface area contributed by atoms with Crippen LogP contribution in [0.1, 0.15) is 27.7 Å². The Balaban J connectivity index is 2.16. The summed E-state index contributed by atoms with van der Waals surface area (Å²) in [6.07, 6.45) is 1.41. The van der Waals surface area contributed by atoms with E-state index in [9.17, 15) is 4.79 Å². The number of rotatable bonds is 8. The average molecular weight is 329 g/mol. The summed E-state index contributed by atoms with van der Waals surface area (Å²) in [7, 11) is 3.27. The zero-order valence-corrected chi connectivity index (χ0v) is 14.7. The van der Waals surface area contributed by atoms with Crippen LogP contribution in [0.5, 0.6) is 0 Å². The van der Waals surface area contributed by atoms with E-state index in [0.717, 1.165) is 10.8 Å². The molecular formula is C15H24N2O2S2. The van der Waals surface area contributed by atoms with Gasteiger partial charge < -0.3 is 10.1 Å². The van der Waals surface area contributed by atoms with Crippen LogP contribution in [0.2, 0.25) is 0 Å². The fourth-order valence-corrected chi connectivity index (χ4v) is 3.69. The van der Waals surface area contributed by atoms with Gasteiger partial charge >= 0.3 is 6.09 Å². The quantitative estimate of drug-likeness (QED) is 0.572. The van der Waals surface area contributed by atoms with Crippen molar-refractivity contribution >= 4 is 27.7 Å². The van der Waals surface area contributed by atoms with E-state index in [1.807, 2.05) is 18.2 Å². The lowest BCUT2D eigenvalue weighted by Gasteiger charge is -2.24. The molecule has 0 unspecified atom stereocenters. The Bertz CT molecular complexity index is 405. The van der Waals surface area contributed by atoms with Gasteiger partial charge in [-0.25, -0.2) is 9.78 Å². The lowest BCUT2D eigenvalue weighted by Crippen LogP contribution is -2.35. The first kappa shape index (κ1) is 18.2. The number of nitrogens with one attached hydrogen (secondary N) is 1. The van der Waals surface area contributed by atoms with Crippen molar-refractivity contribution < 1.29 is 9.53 Å². The molecule has 0 radical (unpaired) electrons. The Hall–Kier alpha value is -0.880. The molecule has 1 N–H and O–H groups in total. The van der Waals surface area contributed by atoms with Crippen LogP contribution in [-0.4, -0.2) is 29.5 Å². The van der Waals surface area contributed by atoms with Crippen molar-refractivity contribution in [1.82, 2.24) is 10.3 Å². The lowest BCUT2D eigenvalue weighted by molar-refractivity contribution is 0.0427. The number of carbonyl (C=O) groups is 1. The first-order valence-electron chi connectivity index (χ1n) is 7.15. The first-order chi connectivity index (χ1) is 10.0. The van der Waals surface area contributed by atoms with E-state index >= 15 is 0 Å². The highest BCUT2D eigenvalue weighted by atomic mass is 33.1. The number of pyridine rings is 1. The third-order valence-corrected chi connectivity index (χ3v) is 5.06. The van der Waals surface area contributed by atoms with E-state index in [1.54, 1.807) is 27.8 Å². The largest absolute Gasteiger partial charge is 0.446 e. The van der Waals surface area contributed by atoms with E-state index in [1.165, 1.54) is 0 Å². The van der Waals surface area contributed by atoms with Gasteiger partial charge in [-0.1, -0.05) is 44.6 Å². The monoisotopic (exact) mass is 328 g/mol. The van der Waals surface area contributed by atoms with Crippen molar-refractivity contribution in [2.24, 2.45) is 11.8 Å². The summed E-state index contributed by atoms with van der Waals surface area (Å²) in [4.78, 5) is 16.0. The van der Waals surface area contributed by atoms with Crippen LogP contribution in [-0.2, 0) is 4.74 Å². The van der Waals surface area contributed by atoms with Gasteiger partial charge in [-0.3, -0.25) is 0 Å². The van der Waals surface area contributed by atoms with Gasteiger partial charge in [-0.15, -0.1) is 0 Å². The number of nitrogens with zero attached hydrogens (tertiary/aromatic N) is 1. The first-order valence-corrected chi connectivity index (χ1v) is 9.47. The highest BCUT2D eigenvalue weighted by Gasteiger charge is 2.21. The van der Waals surface area contributed by atoms with Gasteiger partial charge in [0.25, 0.3) is 0 Å². The molecule has 0 bridgehead atoms. The maximum atomic E-state index is 11.7. The molecule has 1 amide bonds. The zero-order chi connectivity index (χ0) is 15.7. The number of hydrogen-bond donors (Lipinski definition) is 1. The topological polar surface area (TPSA) is 51.2 Å². The van der Waals surface area contributed by atoms with Crippen LogP contribution < -0.4 is 5.32 Å². The fourth-order valence-electron chi connectivity index (χ4n) is 1.90. The molecular weight excluding hydrogens is 304 g/mol. The van der Waals surface area contributed by atoms with E-state index in [4.69, 9.17) is 4.74 Å². The fraction of sp³-hybridized carbons (Fsp3) is 0.600. The van der Waals surface area contributed by atoms with Crippen molar-refractivity contribution in [3.63, 3.8) is 0 Å². The molecule has 4 nitrogen and oxygen atoms in total. The zero-order valence-electron chi connectivity index (χ0n) is 13.0. The maximum absolute atomic E-state index is 11.7. The predicted octanol–water partition coefficient (Wildman–Crippen LogP) is 4.23. The average Bonchev–Trinajstić information content (AvgIpc) is 2.45. The molecule has 0 saturated heterocycles. The van der Waals surface area contributed by atoms with Gasteiger partial charge in [0.1, 0.15) is 11.1 Å². The molecule has 118 valence electrons. The summed E-state index contributed by atoms with van der Waals surface area (Å²) in [6.45, 7) is 8.86. The summed E-state index contributed by atoms with van der Waals surface area (Å²) in [5.41, 5.74) is 0. The highest BCUT2D eigenvalue weighted by Crippen LogP contribution is 2.28. The predicted molar refractivity (Wildman–Crippen MR) is 90.5 cm³/mol. The van der Waals surface area contributed by atoms with Crippen LogP contribution in [0.3, 0.4) is 0 Å². The standard InChI is InChI=1S/C15H24N2O2S2/c1-11(2)14(12(3)4)19-15(18)17-9-10-20-21-13-7-5-6-8-16-13/h5-8,11-12,14H,9-10H2,1-4H3,(H,17,18). The van der Waals surface area contributed by atoms with Gasteiger partial charge in [-0.05, 0) is 34.8 Å². The molecule has 1 rings (SSSR count). The second-order valence-electron chi connectivity index (χ2n) is 5.36. The summed E-state index contributed by atoms with van der Waals surface area (Å²) in [6, 6.07) is 5.82. The Morgan fingerprint density at radius 2 is 2.00 bits per heavy atom. The SMILES string of the molecule is CC(C)C(OC(=O)NCCSSc1ccccn1)C(C)C. The van der Waals surface area contributed by atoms with Crippen molar-refractivity contribution in [3.05, 3.63) is 24.4 Å². The van der Waals surface area contributed by atoms with Crippen molar-refractivity contribution in [2.45, 2.75) is 38.8 Å². The number of ether oxygens (including phenoxy) is 1. The van der Waals surface area contributed by atoms with Gasteiger partial charge in [-0.2, -0.15) is 0 Å². The van der Waals surface area contributed by atoms with Gasteiger partial charge in [0.2, 0.25) is 0 Å². The van der Waals surface area contributed by atoms with Gasteiger partial charge in [0.15, 0.2) is 0 Å². The molecule has 0 aliphatic carbocycles. The molecule has 6 heteroatoms. The second kappa shape index (κ2) is 9.95. The van der Waals surface area contributed by atoms with Gasteiger partial charge in [0, 0.05) is 18.5 Å². The van der Waals surface area contributed by atoms with Gasteiger partial charge in [0.05, 0.1) is 0 Å². The summed E-state index contributed by atoms with van der Waals surface area (Å²) in [5, 5.41) is 3.77. The number of carbonyl (C=O) groups excluding carboxylic acids is 1. The summed E-state index contributed by atoms with van der Waals surface area (Å²) >= 11 is 0. The number of alkyl carbamates (subject to hydrolysis) is 1. The van der Waals surface area contributed by atoms with E-state index in [2.05, 4.69) is 38.0 Å². The van der Waals surface area contributed by atoms with Crippen LogP contribution in [0.4, 0.5) is 4.79 Å². The third-order valence-electron chi connectivity index (χ3n) is 2.79. The normalized spacial score (nSPS) is 11.2. The molecule has 0 fully saturated rings. The molecule has 1 heterocycles. The minimum absolute atomic E-state index is 0.0412. The van der Waals surface area contributed by atoms with Crippen molar-refractivity contribution in [3.8, 4) is 0 Å². The number of amides is 1. The molecule has 0 saturated carbocycles. The van der Waals surface area contributed by atoms with E-state index in [-0.39, 0.29) is 12.2 Å². The molecule has 1 aromatic rings. The molecule has 1 aromatic heterocycles. The molecule has 0 spiro atoms. The number of hydrogen-bond acceptors (Lipinski definition) is 5. The van der Waals surface area contributed by atoms with Crippen molar-refractivity contribution in [2.75, 3.05) is 12.3 Å². The lowest BCUT2D eigenvalue weighted by atomic mass is 9.96. The smallest absolute Gasteiger partial charge is 0.407 e. The second-order valence-corrected chi connectivity index (χ2v) is 7.79. The molecule has 21 heavy (non-hydrogen) atoms. The van der Waals surface area contributed by atoms with Crippen LogP contribution >= 0.6 is 21.6 Å². The van der Waals surface area contributed by atoms with Crippen molar-refractivity contribution in [1.29, 1.82) is 0 Å². The summed E-state index contributed by atoms with van der Waals surface area (Å²) in [5.74, 6) is 1.46. The van der Waals surface area contributed by atoms with Crippen LogP contribution in [0.25, 0.3) is 0 Å². The summed E-state index contributed by atoms with van der Waals surface area (Å²) < 4.78 is 5.46. The van der Waals surface area contributed by atoms with E-state index in [0.29, 0.717) is 18.4 Å². The van der Waals surface area contributed by atoms with E-state index < -0.39 is 0 Å². The Morgan fingerprint density at radius 3 is 2.57 bits per heavy atom. The molecule has 0 aliphatic heterocycles. The van der Waals surface area contributed by atoms with Crippen LogP contribution in [0.15, 0.2) is 29.4 Å². The molecule has 0 aromatic carbocycles. The Morgan fingerprint density at radius 1 is 1.29 bits per heavy atom. The molecule has 0 atom stereocenters. The molecule has 0 aliphatic rings. The van der Waals surface area contributed by atoms with Crippen LogP contribution in [0, 0.1) is 11.8 Å². The Labute approximate surface area is 135 Å². The minimum Gasteiger partial charge on any atom is -0.446 e. The maximum Gasteiger partial charge on any atom is 0.407 e. The minimum atomic E-state index is -0.328. The highest BCUT2D eigenvalue weighted by molar-refractivity contribution is 8.76. The third kappa shape index (κ3) is 7.62. The number of aromatic nitrogens is 1. The Kier molecular flexibility index (Phi) is 8.61.